The highest BCUT2D eigenvalue weighted by molar-refractivity contribution is 6.30. The maximum atomic E-state index is 13.5. The Morgan fingerprint density at radius 3 is 3.00 bits per heavy atom. The summed E-state index contributed by atoms with van der Waals surface area (Å²) in [5.74, 6) is -0.408. The lowest BCUT2D eigenvalue weighted by Crippen LogP contribution is -2.08. The van der Waals surface area contributed by atoms with Gasteiger partial charge in [0.2, 0.25) is 5.78 Å². The number of hydrogen-bond donors (Lipinski definition) is 0. The van der Waals surface area contributed by atoms with Crippen molar-refractivity contribution in [3.05, 3.63) is 46.4 Å². The maximum Gasteiger partial charge on any atom is 0.201 e. The molecule has 0 N–H and O–H groups in total. The van der Waals surface area contributed by atoms with E-state index in [1.54, 1.807) is 18.2 Å². The van der Waals surface area contributed by atoms with Gasteiger partial charge < -0.3 is 4.74 Å². The Kier molecular flexibility index (Phi) is 3.25. The monoisotopic (exact) mass is 240 g/mol. The van der Waals surface area contributed by atoms with Crippen LogP contribution in [0.2, 0.25) is 5.02 Å². The van der Waals surface area contributed by atoms with Crippen molar-refractivity contribution in [2.24, 2.45) is 0 Å². The van der Waals surface area contributed by atoms with Gasteiger partial charge in [0, 0.05) is 12.8 Å². The number of halogens is 2. The predicted octanol–water partition coefficient (Wildman–Crippen LogP) is 2.89. The molecule has 2 nitrogen and oxygen atoms in total. The fourth-order valence-corrected chi connectivity index (χ4v) is 1.75. The minimum Gasteiger partial charge on any atom is -0.490 e. The third-order valence-corrected chi connectivity index (χ3v) is 2.65. The van der Waals surface area contributed by atoms with Crippen LogP contribution in [-0.2, 0) is 16.0 Å². The molecular formula is C12H10ClFO2. The summed E-state index contributed by atoms with van der Waals surface area (Å²) < 4.78 is 18.6. The summed E-state index contributed by atoms with van der Waals surface area (Å²) >= 11 is 5.62. The van der Waals surface area contributed by atoms with Gasteiger partial charge in [-0.25, -0.2) is 4.39 Å². The molecule has 1 heterocycles. The van der Waals surface area contributed by atoms with Crippen LogP contribution in [0.1, 0.15) is 12.0 Å². The standard InChI is InChI=1S/C12H10ClFO2/c13-9-4-1-3-8(12(9)14)7-10(15)11-5-2-6-16-11/h1,3-5H,2,6-7H2. The van der Waals surface area contributed by atoms with Crippen LogP contribution in [0.15, 0.2) is 30.0 Å². The smallest absolute Gasteiger partial charge is 0.201 e. The summed E-state index contributed by atoms with van der Waals surface area (Å²) in [5.41, 5.74) is 0.300. The number of allylic oxidation sites excluding steroid dienone is 1. The van der Waals surface area contributed by atoms with Crippen LogP contribution < -0.4 is 0 Å². The Balaban J connectivity index is 2.14. The molecule has 16 heavy (non-hydrogen) atoms. The third-order valence-electron chi connectivity index (χ3n) is 2.36. The molecule has 0 unspecified atom stereocenters. The van der Waals surface area contributed by atoms with E-state index < -0.39 is 5.82 Å². The van der Waals surface area contributed by atoms with Crippen molar-refractivity contribution in [1.29, 1.82) is 0 Å². The molecule has 1 aromatic carbocycles. The van der Waals surface area contributed by atoms with Crippen LogP contribution in [0.5, 0.6) is 0 Å². The minimum absolute atomic E-state index is 0.0156. The second-order valence-electron chi connectivity index (χ2n) is 3.52. The summed E-state index contributed by atoms with van der Waals surface area (Å²) in [5, 5.41) is 0.0339. The van der Waals surface area contributed by atoms with E-state index in [1.165, 1.54) is 6.07 Å². The largest absolute Gasteiger partial charge is 0.490 e. The molecule has 0 atom stereocenters. The molecule has 0 aromatic heterocycles. The molecule has 2 rings (SSSR count). The Morgan fingerprint density at radius 1 is 1.50 bits per heavy atom. The lowest BCUT2D eigenvalue weighted by atomic mass is 10.1. The van der Waals surface area contributed by atoms with Gasteiger partial charge in [0.1, 0.15) is 5.82 Å². The van der Waals surface area contributed by atoms with Crippen molar-refractivity contribution in [1.82, 2.24) is 0 Å². The maximum absolute atomic E-state index is 13.5. The molecule has 0 saturated heterocycles. The van der Waals surface area contributed by atoms with Gasteiger partial charge >= 0.3 is 0 Å². The van der Waals surface area contributed by atoms with E-state index in [4.69, 9.17) is 16.3 Å². The summed E-state index contributed by atoms with van der Waals surface area (Å²) in [6.07, 6.45) is 2.45. The fourth-order valence-electron chi connectivity index (χ4n) is 1.56. The van der Waals surface area contributed by atoms with Gasteiger partial charge in [-0.1, -0.05) is 23.7 Å². The molecule has 4 heteroatoms. The second-order valence-corrected chi connectivity index (χ2v) is 3.93. The number of hydrogen-bond acceptors (Lipinski definition) is 2. The first-order chi connectivity index (χ1) is 7.68. The molecule has 1 aliphatic rings. The van der Waals surface area contributed by atoms with Gasteiger partial charge in [-0.2, -0.15) is 0 Å². The van der Waals surface area contributed by atoms with Crippen LogP contribution in [0.3, 0.4) is 0 Å². The van der Waals surface area contributed by atoms with Gasteiger partial charge in [-0.3, -0.25) is 4.79 Å². The highest BCUT2D eigenvalue weighted by Crippen LogP contribution is 2.20. The number of ether oxygens (including phenoxy) is 1. The summed E-state index contributed by atoms with van der Waals surface area (Å²) in [6.45, 7) is 0.527. The molecule has 0 aliphatic carbocycles. The Hall–Kier alpha value is -1.35. The zero-order chi connectivity index (χ0) is 11.5. The quantitative estimate of drug-likeness (QED) is 0.812. The molecular weight excluding hydrogens is 231 g/mol. The average Bonchev–Trinajstić information content (AvgIpc) is 2.78. The fraction of sp³-hybridized carbons (Fsp3) is 0.250. The number of rotatable bonds is 3. The molecule has 0 fully saturated rings. The van der Waals surface area contributed by atoms with Crippen LogP contribution in [0.4, 0.5) is 4.39 Å². The zero-order valence-electron chi connectivity index (χ0n) is 8.50. The molecule has 0 saturated carbocycles. The van der Waals surface area contributed by atoms with E-state index in [0.29, 0.717) is 17.9 Å². The molecule has 0 bridgehead atoms. The molecule has 1 aliphatic heterocycles. The number of ketones is 1. The van der Waals surface area contributed by atoms with Gasteiger partial charge in [0.25, 0.3) is 0 Å². The van der Waals surface area contributed by atoms with Gasteiger partial charge in [0.15, 0.2) is 5.76 Å². The summed E-state index contributed by atoms with van der Waals surface area (Å²) in [7, 11) is 0. The normalized spacial score (nSPS) is 14.5. The lowest BCUT2D eigenvalue weighted by Gasteiger charge is -2.05. The average molecular weight is 241 g/mol. The van der Waals surface area contributed by atoms with Crippen molar-refractivity contribution in [3.63, 3.8) is 0 Å². The first-order valence-electron chi connectivity index (χ1n) is 4.97. The third kappa shape index (κ3) is 2.25. The SMILES string of the molecule is O=C(Cc1cccc(Cl)c1F)C1=CCCO1. The molecule has 0 amide bonds. The Morgan fingerprint density at radius 2 is 2.31 bits per heavy atom. The van der Waals surface area contributed by atoms with Gasteiger partial charge in [-0.05, 0) is 17.7 Å². The summed E-state index contributed by atoms with van der Waals surface area (Å²) in [6, 6.07) is 4.63. The number of carbonyl (C=O) groups is 1. The number of carbonyl (C=O) groups excluding carboxylic acids is 1. The number of benzene rings is 1. The molecule has 1 aromatic rings. The van der Waals surface area contributed by atoms with Crippen molar-refractivity contribution < 1.29 is 13.9 Å². The van der Waals surface area contributed by atoms with E-state index in [9.17, 15) is 9.18 Å². The molecule has 0 spiro atoms. The Bertz CT molecular complexity index is 454. The molecule has 84 valence electrons. The lowest BCUT2D eigenvalue weighted by molar-refractivity contribution is -0.117. The van der Waals surface area contributed by atoms with Crippen LogP contribution >= 0.6 is 11.6 Å². The first-order valence-corrected chi connectivity index (χ1v) is 5.35. The summed E-state index contributed by atoms with van der Waals surface area (Å²) in [4.78, 5) is 11.7. The molecule has 0 radical (unpaired) electrons. The zero-order valence-corrected chi connectivity index (χ0v) is 9.26. The van der Waals surface area contributed by atoms with E-state index >= 15 is 0 Å². The second kappa shape index (κ2) is 4.66. The van der Waals surface area contributed by atoms with Crippen LogP contribution in [-0.4, -0.2) is 12.4 Å². The van der Waals surface area contributed by atoms with E-state index in [0.717, 1.165) is 6.42 Å². The highest BCUT2D eigenvalue weighted by atomic mass is 35.5. The van der Waals surface area contributed by atoms with Crippen molar-refractivity contribution >= 4 is 17.4 Å². The topological polar surface area (TPSA) is 26.3 Å². The van der Waals surface area contributed by atoms with Crippen LogP contribution in [0, 0.1) is 5.82 Å². The van der Waals surface area contributed by atoms with Gasteiger partial charge in [0.05, 0.1) is 11.6 Å². The van der Waals surface area contributed by atoms with Gasteiger partial charge in [-0.15, -0.1) is 0 Å². The van der Waals surface area contributed by atoms with Crippen molar-refractivity contribution in [3.8, 4) is 0 Å². The van der Waals surface area contributed by atoms with Crippen LogP contribution in [0.25, 0.3) is 0 Å². The van der Waals surface area contributed by atoms with Crippen molar-refractivity contribution in [2.45, 2.75) is 12.8 Å². The van der Waals surface area contributed by atoms with Crippen molar-refractivity contribution in [2.75, 3.05) is 6.61 Å². The van der Waals surface area contributed by atoms with E-state index in [-0.39, 0.29) is 17.2 Å². The minimum atomic E-state index is -0.531. The van der Waals surface area contributed by atoms with E-state index in [1.807, 2.05) is 0 Å². The highest BCUT2D eigenvalue weighted by Gasteiger charge is 2.17. The number of Topliss-reactive ketones (excluding diaryl/α,β-unsaturated/α-hetero) is 1. The van der Waals surface area contributed by atoms with E-state index in [2.05, 4.69) is 0 Å². The predicted molar refractivity (Wildman–Crippen MR) is 58.8 cm³/mol. The Labute approximate surface area is 97.7 Å². The first kappa shape index (κ1) is 11.1.